The molecule has 0 radical (unpaired) electrons. The van der Waals surface area contributed by atoms with Crippen molar-refractivity contribution in [2.75, 3.05) is 0 Å². The first-order valence-corrected chi connectivity index (χ1v) is 5.50. The van der Waals surface area contributed by atoms with Crippen LogP contribution < -0.4 is 5.32 Å². The quantitative estimate of drug-likeness (QED) is 0.443. The lowest BCUT2D eigenvalue weighted by molar-refractivity contribution is -0.115. The normalized spacial score (nSPS) is 20.4. The smallest absolute Gasteiger partial charge is 0.264 e. The molecule has 0 bridgehead atoms. The number of nitrogens with zero attached hydrogens (tertiary/aromatic N) is 1. The van der Waals surface area contributed by atoms with Crippen LogP contribution in [0.5, 0.6) is 0 Å². The number of oxime groups is 1. The lowest BCUT2D eigenvalue weighted by Crippen LogP contribution is -2.19. The maximum atomic E-state index is 11.4. The van der Waals surface area contributed by atoms with E-state index in [0.717, 1.165) is 17.3 Å². The van der Waals surface area contributed by atoms with Crippen LogP contribution in [-0.2, 0) is 4.79 Å². The molecule has 0 aliphatic carbocycles. The maximum Gasteiger partial charge on any atom is 0.264 e. The molecule has 2 N–H and O–H groups in total. The largest absolute Gasteiger partial charge is 0.409 e. The van der Waals surface area contributed by atoms with Gasteiger partial charge in [-0.15, -0.1) is 0 Å². The van der Waals surface area contributed by atoms with Crippen molar-refractivity contribution >= 4 is 28.9 Å². The first kappa shape index (κ1) is 10.8. The number of carbonyl (C=O) groups excluding carboxylic acids is 1. The molecule has 1 aromatic rings. The van der Waals surface area contributed by atoms with Crippen molar-refractivity contribution in [3.05, 3.63) is 40.3 Å². The molecule has 1 aliphatic heterocycles. The van der Waals surface area contributed by atoms with Gasteiger partial charge in [-0.3, -0.25) is 10.1 Å². The number of hydrogen-bond acceptors (Lipinski definition) is 4. The van der Waals surface area contributed by atoms with Crippen molar-refractivity contribution in [1.29, 1.82) is 0 Å². The van der Waals surface area contributed by atoms with Crippen molar-refractivity contribution in [3.63, 3.8) is 0 Å². The van der Waals surface area contributed by atoms with E-state index in [4.69, 9.17) is 5.21 Å². The second-order valence-corrected chi connectivity index (χ2v) is 4.41. The summed E-state index contributed by atoms with van der Waals surface area (Å²) < 4.78 is 0. The van der Waals surface area contributed by atoms with Gasteiger partial charge in [0.1, 0.15) is 0 Å². The average molecular weight is 234 g/mol. The molecule has 1 saturated heterocycles. The van der Waals surface area contributed by atoms with Crippen LogP contribution in [0.1, 0.15) is 11.1 Å². The summed E-state index contributed by atoms with van der Waals surface area (Å²) in [4.78, 5) is 11.9. The molecule has 1 heterocycles. The molecule has 1 aromatic carbocycles. The van der Waals surface area contributed by atoms with E-state index in [1.807, 2.05) is 31.2 Å². The lowest BCUT2D eigenvalue weighted by Gasteiger charge is -1.95. The van der Waals surface area contributed by atoms with E-state index in [1.165, 1.54) is 5.56 Å². The number of hydrogen-bond donors (Lipinski definition) is 2. The highest BCUT2D eigenvalue weighted by atomic mass is 32.2. The van der Waals surface area contributed by atoms with Crippen molar-refractivity contribution < 1.29 is 10.0 Å². The van der Waals surface area contributed by atoms with Crippen LogP contribution in [0.4, 0.5) is 0 Å². The van der Waals surface area contributed by atoms with Gasteiger partial charge in [0, 0.05) is 0 Å². The highest BCUT2D eigenvalue weighted by molar-refractivity contribution is 8.18. The molecule has 16 heavy (non-hydrogen) atoms. The molecule has 0 unspecified atom stereocenters. The number of thioether (sulfide) groups is 1. The molecule has 1 fully saturated rings. The fourth-order valence-electron chi connectivity index (χ4n) is 1.29. The van der Waals surface area contributed by atoms with E-state index < -0.39 is 0 Å². The van der Waals surface area contributed by atoms with Gasteiger partial charge in [0.05, 0.1) is 4.91 Å². The van der Waals surface area contributed by atoms with Crippen LogP contribution in [0.25, 0.3) is 6.08 Å². The summed E-state index contributed by atoms with van der Waals surface area (Å²) in [5.74, 6) is -0.238. The van der Waals surface area contributed by atoms with Gasteiger partial charge in [0.25, 0.3) is 5.91 Å². The van der Waals surface area contributed by atoms with Gasteiger partial charge in [0.15, 0.2) is 0 Å². The Morgan fingerprint density at radius 3 is 2.62 bits per heavy atom. The van der Waals surface area contributed by atoms with E-state index in [-0.39, 0.29) is 11.1 Å². The second-order valence-electron chi connectivity index (χ2n) is 3.38. The van der Waals surface area contributed by atoms with E-state index in [0.29, 0.717) is 4.91 Å². The zero-order chi connectivity index (χ0) is 11.5. The summed E-state index contributed by atoms with van der Waals surface area (Å²) in [6, 6.07) is 7.82. The molecule has 0 saturated carbocycles. The van der Waals surface area contributed by atoms with E-state index in [9.17, 15) is 4.79 Å². The Kier molecular flexibility index (Phi) is 2.96. The Morgan fingerprint density at radius 1 is 1.38 bits per heavy atom. The Morgan fingerprint density at radius 2 is 2.06 bits per heavy atom. The molecule has 0 spiro atoms. The van der Waals surface area contributed by atoms with Crippen LogP contribution in [0.2, 0.25) is 0 Å². The third-order valence-corrected chi connectivity index (χ3v) is 3.02. The fourth-order valence-corrected chi connectivity index (χ4v) is 2.02. The van der Waals surface area contributed by atoms with Gasteiger partial charge in [-0.25, -0.2) is 0 Å². The minimum atomic E-state index is -0.238. The van der Waals surface area contributed by atoms with Crippen LogP contribution in [-0.4, -0.2) is 16.3 Å². The zero-order valence-electron chi connectivity index (χ0n) is 8.60. The van der Waals surface area contributed by atoms with Crippen molar-refractivity contribution in [2.24, 2.45) is 5.16 Å². The lowest BCUT2D eigenvalue weighted by atomic mass is 10.1. The standard InChI is InChI=1S/C11H10N2O2S/c1-7-2-4-8(5-3-7)6-9-10(14)12-11(13-15)16-9/h2-6,15H,1H3,(H,12,13,14). The summed E-state index contributed by atoms with van der Waals surface area (Å²) >= 11 is 1.12. The highest BCUT2D eigenvalue weighted by Gasteiger charge is 2.23. The first-order chi connectivity index (χ1) is 7.69. The molecule has 1 amide bonds. The molecule has 82 valence electrons. The molecule has 0 atom stereocenters. The molecule has 0 aromatic heterocycles. The van der Waals surface area contributed by atoms with Gasteiger partial charge in [-0.05, 0) is 30.3 Å². The molecular weight excluding hydrogens is 224 g/mol. The Bertz CT molecular complexity index is 477. The average Bonchev–Trinajstić information content (AvgIpc) is 2.63. The SMILES string of the molecule is Cc1ccc(C=C2SC(=NO)NC2=O)cc1. The van der Waals surface area contributed by atoms with Gasteiger partial charge in [0.2, 0.25) is 5.17 Å². The Hall–Kier alpha value is -1.75. The molecule has 5 heteroatoms. The molecule has 2 rings (SSSR count). The number of carbonyl (C=O) groups is 1. The van der Waals surface area contributed by atoms with Crippen LogP contribution in [0.3, 0.4) is 0 Å². The minimum Gasteiger partial charge on any atom is -0.409 e. The Balaban J connectivity index is 2.25. The summed E-state index contributed by atoms with van der Waals surface area (Å²) in [5.41, 5.74) is 2.12. The third kappa shape index (κ3) is 2.25. The predicted octanol–water partition coefficient (Wildman–Crippen LogP) is 1.94. The summed E-state index contributed by atoms with van der Waals surface area (Å²) in [6.45, 7) is 2.00. The van der Waals surface area contributed by atoms with E-state index in [1.54, 1.807) is 6.08 Å². The zero-order valence-corrected chi connectivity index (χ0v) is 9.41. The van der Waals surface area contributed by atoms with Gasteiger partial charge in [-0.2, -0.15) is 0 Å². The van der Waals surface area contributed by atoms with Crippen LogP contribution >= 0.6 is 11.8 Å². The van der Waals surface area contributed by atoms with Crippen molar-refractivity contribution in [3.8, 4) is 0 Å². The topological polar surface area (TPSA) is 61.7 Å². The summed E-state index contributed by atoms with van der Waals surface area (Å²) in [6.07, 6.45) is 1.76. The number of amides is 1. The summed E-state index contributed by atoms with van der Waals surface area (Å²) in [5, 5.41) is 14.1. The first-order valence-electron chi connectivity index (χ1n) is 4.68. The van der Waals surface area contributed by atoms with E-state index in [2.05, 4.69) is 10.5 Å². The van der Waals surface area contributed by atoms with Crippen LogP contribution in [0, 0.1) is 6.92 Å². The number of benzene rings is 1. The van der Waals surface area contributed by atoms with Crippen molar-refractivity contribution in [1.82, 2.24) is 5.32 Å². The second kappa shape index (κ2) is 4.40. The molecule has 1 aliphatic rings. The third-order valence-electron chi connectivity index (χ3n) is 2.12. The van der Waals surface area contributed by atoms with Crippen molar-refractivity contribution in [2.45, 2.75) is 6.92 Å². The van der Waals surface area contributed by atoms with Gasteiger partial charge >= 0.3 is 0 Å². The summed E-state index contributed by atoms with van der Waals surface area (Å²) in [7, 11) is 0. The number of amidine groups is 1. The molecule has 4 nitrogen and oxygen atoms in total. The fraction of sp³-hybridized carbons (Fsp3) is 0.0909. The highest BCUT2D eigenvalue weighted by Crippen LogP contribution is 2.25. The van der Waals surface area contributed by atoms with Gasteiger partial charge < -0.3 is 5.21 Å². The number of nitrogens with one attached hydrogen (secondary N) is 1. The van der Waals surface area contributed by atoms with Crippen LogP contribution in [0.15, 0.2) is 34.3 Å². The number of rotatable bonds is 1. The Labute approximate surface area is 97.0 Å². The monoisotopic (exact) mass is 234 g/mol. The number of aryl methyl sites for hydroxylation is 1. The molecular formula is C11H10N2O2S. The van der Waals surface area contributed by atoms with Gasteiger partial charge in [-0.1, -0.05) is 35.0 Å². The minimum absolute atomic E-state index is 0.211. The maximum absolute atomic E-state index is 11.4. The predicted molar refractivity (Wildman–Crippen MR) is 64.1 cm³/mol. The van der Waals surface area contributed by atoms with E-state index >= 15 is 0 Å².